The van der Waals surface area contributed by atoms with Gasteiger partial charge in [-0.2, -0.15) is 0 Å². The molecule has 1 amide bonds. The van der Waals surface area contributed by atoms with Crippen molar-refractivity contribution in [1.82, 2.24) is 10.5 Å². The summed E-state index contributed by atoms with van der Waals surface area (Å²) in [6.45, 7) is 3.51. The number of rotatable bonds is 7. The molecule has 0 atom stereocenters. The van der Waals surface area contributed by atoms with Crippen LogP contribution in [-0.2, 0) is 15.3 Å². The van der Waals surface area contributed by atoms with Crippen LogP contribution in [0.4, 0.5) is 0 Å². The lowest BCUT2D eigenvalue weighted by atomic mass is 10.2. The highest BCUT2D eigenvalue weighted by Crippen LogP contribution is 2.29. The van der Waals surface area contributed by atoms with Gasteiger partial charge in [0.2, 0.25) is 0 Å². The van der Waals surface area contributed by atoms with Crippen LogP contribution in [0.1, 0.15) is 40.2 Å². The molecule has 1 aromatic carbocycles. The van der Waals surface area contributed by atoms with Crippen LogP contribution >= 0.6 is 11.8 Å². The molecule has 2 aromatic rings. The maximum atomic E-state index is 12.3. The van der Waals surface area contributed by atoms with Crippen LogP contribution in [0, 0.1) is 13.8 Å². The van der Waals surface area contributed by atoms with Crippen LogP contribution in [-0.4, -0.2) is 29.7 Å². The van der Waals surface area contributed by atoms with Gasteiger partial charge in [-0.15, -0.1) is 11.8 Å². The Labute approximate surface area is 150 Å². The summed E-state index contributed by atoms with van der Waals surface area (Å²) < 4.78 is 10.3. The Kier molecular flexibility index (Phi) is 5.43. The topological polar surface area (TPSA) is 81.4 Å². The normalized spacial score (nSPS) is 13.5. The lowest BCUT2D eigenvalue weighted by molar-refractivity contribution is -0.124. The number of nitrogens with one attached hydrogen (secondary N) is 1. The number of ether oxygens (including phenoxy) is 1. The number of aromatic nitrogens is 1. The Morgan fingerprint density at radius 1 is 1.32 bits per heavy atom. The van der Waals surface area contributed by atoms with Gasteiger partial charge in [-0.25, -0.2) is 4.79 Å². The van der Waals surface area contributed by atoms with E-state index in [-0.39, 0.29) is 18.6 Å². The zero-order chi connectivity index (χ0) is 17.8. The monoisotopic (exact) mass is 360 g/mol. The highest BCUT2D eigenvalue weighted by Gasteiger charge is 2.24. The standard InChI is InChI=1S/C18H20N2O4S/c1-11-15(12(2)24-20-11)10-25-16-6-4-3-5-14(16)18(22)23-9-17(21)19-13-7-8-13/h3-6,13H,7-10H2,1-2H3,(H,19,21). The van der Waals surface area contributed by atoms with E-state index in [1.165, 1.54) is 11.8 Å². The fourth-order valence-corrected chi connectivity index (χ4v) is 3.52. The molecule has 1 saturated carbocycles. The van der Waals surface area contributed by atoms with Gasteiger partial charge in [0.05, 0.1) is 11.3 Å². The third-order valence-corrected chi connectivity index (χ3v) is 5.04. The highest BCUT2D eigenvalue weighted by atomic mass is 32.2. The molecule has 1 aliphatic carbocycles. The molecule has 6 nitrogen and oxygen atoms in total. The van der Waals surface area contributed by atoms with E-state index in [0.717, 1.165) is 34.8 Å². The van der Waals surface area contributed by atoms with Gasteiger partial charge >= 0.3 is 5.97 Å². The average Bonchev–Trinajstić information content (AvgIpc) is 3.36. The van der Waals surface area contributed by atoms with Gasteiger partial charge in [0, 0.05) is 22.3 Å². The minimum atomic E-state index is -0.493. The number of thioether (sulfide) groups is 1. The number of hydrogen-bond donors (Lipinski definition) is 1. The van der Waals surface area contributed by atoms with E-state index in [2.05, 4.69) is 10.5 Å². The zero-order valence-electron chi connectivity index (χ0n) is 14.2. The zero-order valence-corrected chi connectivity index (χ0v) is 15.0. The third kappa shape index (κ3) is 4.63. The summed E-state index contributed by atoms with van der Waals surface area (Å²) in [6.07, 6.45) is 2.00. The molecule has 25 heavy (non-hydrogen) atoms. The first-order valence-corrected chi connectivity index (χ1v) is 9.13. The Morgan fingerprint density at radius 3 is 2.76 bits per heavy atom. The Balaban J connectivity index is 1.61. The van der Waals surface area contributed by atoms with Crippen molar-refractivity contribution in [1.29, 1.82) is 0 Å². The quantitative estimate of drug-likeness (QED) is 0.604. The van der Waals surface area contributed by atoms with Gasteiger partial charge in [-0.05, 0) is 38.8 Å². The van der Waals surface area contributed by atoms with Gasteiger partial charge < -0.3 is 14.6 Å². The fraction of sp³-hybridized carbons (Fsp3) is 0.389. The number of carbonyl (C=O) groups is 2. The van der Waals surface area contributed by atoms with E-state index in [1.54, 1.807) is 12.1 Å². The van der Waals surface area contributed by atoms with Crippen LogP contribution in [0.2, 0.25) is 0 Å². The van der Waals surface area contributed by atoms with Crippen molar-refractivity contribution in [3.05, 3.63) is 46.8 Å². The maximum absolute atomic E-state index is 12.3. The number of aryl methyl sites for hydroxylation is 2. The molecule has 1 aliphatic rings. The van der Waals surface area contributed by atoms with Crippen LogP contribution in [0.5, 0.6) is 0 Å². The van der Waals surface area contributed by atoms with Crippen molar-refractivity contribution in [3.8, 4) is 0 Å². The largest absolute Gasteiger partial charge is 0.452 e. The molecule has 1 N–H and O–H groups in total. The molecule has 0 spiro atoms. The van der Waals surface area contributed by atoms with Gasteiger partial charge in [0.15, 0.2) is 6.61 Å². The maximum Gasteiger partial charge on any atom is 0.339 e. The first-order valence-electron chi connectivity index (χ1n) is 8.14. The Bertz CT molecular complexity index is 764. The van der Waals surface area contributed by atoms with E-state index in [9.17, 15) is 9.59 Å². The minimum Gasteiger partial charge on any atom is -0.452 e. The van der Waals surface area contributed by atoms with E-state index in [0.29, 0.717) is 11.3 Å². The Hall–Kier alpha value is -2.28. The third-order valence-electron chi connectivity index (χ3n) is 3.94. The van der Waals surface area contributed by atoms with E-state index >= 15 is 0 Å². The molecule has 0 radical (unpaired) electrons. The van der Waals surface area contributed by atoms with Gasteiger partial charge in [-0.3, -0.25) is 4.79 Å². The van der Waals surface area contributed by atoms with Crippen molar-refractivity contribution in [2.45, 2.75) is 43.4 Å². The second-order valence-electron chi connectivity index (χ2n) is 6.01. The molecule has 1 aromatic heterocycles. The molecule has 0 aliphatic heterocycles. The molecule has 0 saturated heterocycles. The summed E-state index contributed by atoms with van der Waals surface area (Å²) in [5.41, 5.74) is 2.33. The van der Waals surface area contributed by atoms with Crippen molar-refractivity contribution in [2.24, 2.45) is 0 Å². The lowest BCUT2D eigenvalue weighted by Crippen LogP contribution is -2.30. The SMILES string of the molecule is Cc1noc(C)c1CSc1ccccc1C(=O)OCC(=O)NC1CC1. The number of hydrogen-bond acceptors (Lipinski definition) is 6. The van der Waals surface area contributed by atoms with E-state index < -0.39 is 5.97 Å². The van der Waals surface area contributed by atoms with Gasteiger partial charge in [-0.1, -0.05) is 17.3 Å². The van der Waals surface area contributed by atoms with Crippen molar-refractivity contribution < 1.29 is 18.8 Å². The van der Waals surface area contributed by atoms with E-state index in [4.69, 9.17) is 9.26 Å². The van der Waals surface area contributed by atoms with Crippen molar-refractivity contribution >= 4 is 23.6 Å². The van der Waals surface area contributed by atoms with Crippen molar-refractivity contribution in [2.75, 3.05) is 6.61 Å². The summed E-state index contributed by atoms with van der Waals surface area (Å²) in [4.78, 5) is 24.8. The summed E-state index contributed by atoms with van der Waals surface area (Å²) in [5, 5.41) is 6.73. The first kappa shape index (κ1) is 17.5. The van der Waals surface area contributed by atoms with Crippen LogP contribution in [0.25, 0.3) is 0 Å². The predicted molar refractivity (Wildman–Crippen MR) is 93.4 cm³/mol. The molecule has 132 valence electrons. The lowest BCUT2D eigenvalue weighted by Gasteiger charge is -2.09. The number of esters is 1. The second-order valence-corrected chi connectivity index (χ2v) is 7.02. The first-order chi connectivity index (χ1) is 12.0. The molecular weight excluding hydrogens is 340 g/mol. The van der Waals surface area contributed by atoms with Crippen LogP contribution in [0.15, 0.2) is 33.7 Å². The summed E-state index contributed by atoms with van der Waals surface area (Å²) in [6, 6.07) is 7.47. The molecule has 0 bridgehead atoms. The minimum absolute atomic E-state index is 0.252. The number of amides is 1. The molecular formula is C18H20N2O4S. The second kappa shape index (κ2) is 7.74. The fourth-order valence-electron chi connectivity index (χ4n) is 2.32. The predicted octanol–water partition coefficient (Wildman–Crippen LogP) is 3.02. The van der Waals surface area contributed by atoms with Gasteiger partial charge in [0.1, 0.15) is 5.76 Å². The summed E-state index contributed by atoms with van der Waals surface area (Å²) >= 11 is 1.51. The average molecular weight is 360 g/mol. The summed E-state index contributed by atoms with van der Waals surface area (Å²) in [7, 11) is 0. The highest BCUT2D eigenvalue weighted by molar-refractivity contribution is 7.98. The van der Waals surface area contributed by atoms with Crippen molar-refractivity contribution in [3.63, 3.8) is 0 Å². The van der Waals surface area contributed by atoms with Gasteiger partial charge in [0.25, 0.3) is 5.91 Å². The molecule has 1 heterocycles. The van der Waals surface area contributed by atoms with Crippen LogP contribution < -0.4 is 5.32 Å². The molecule has 7 heteroatoms. The molecule has 3 rings (SSSR count). The Morgan fingerprint density at radius 2 is 2.08 bits per heavy atom. The molecule has 1 fully saturated rings. The summed E-state index contributed by atoms with van der Waals surface area (Å²) in [5.74, 6) is 0.680. The van der Waals surface area contributed by atoms with Crippen LogP contribution in [0.3, 0.4) is 0 Å². The number of benzene rings is 1. The van der Waals surface area contributed by atoms with E-state index in [1.807, 2.05) is 26.0 Å². The number of carbonyl (C=O) groups excluding carboxylic acids is 2. The number of nitrogens with zero attached hydrogens (tertiary/aromatic N) is 1. The smallest absolute Gasteiger partial charge is 0.339 e. The molecule has 0 unspecified atom stereocenters.